The summed E-state index contributed by atoms with van der Waals surface area (Å²) in [6, 6.07) is 21.0. The molecule has 2 rings (SSSR count). The maximum atomic E-state index is 3.16. The van der Waals surface area contributed by atoms with Gasteiger partial charge in [0.1, 0.15) is 0 Å². The zero-order valence-corrected chi connectivity index (χ0v) is 10.1. The Morgan fingerprint density at radius 2 is 1.35 bits per heavy atom. The molecule has 0 saturated carbocycles. The molecule has 0 aromatic heterocycles. The van der Waals surface area contributed by atoms with Gasteiger partial charge in [0.15, 0.2) is 0 Å². The molecule has 2 aromatic carbocycles. The maximum Gasteiger partial charge on any atom is 0.0141 e. The summed E-state index contributed by atoms with van der Waals surface area (Å²) in [6.07, 6.45) is 2.23. The summed E-state index contributed by atoms with van der Waals surface area (Å²) in [5, 5.41) is 3.16. The minimum atomic E-state index is 0.874. The van der Waals surface area contributed by atoms with Crippen LogP contribution in [0, 0.1) is 0 Å². The minimum Gasteiger partial charge on any atom is -0.316 e. The largest absolute Gasteiger partial charge is 0.316 e. The van der Waals surface area contributed by atoms with Gasteiger partial charge in [-0.1, -0.05) is 66.7 Å². The first-order valence-electron chi connectivity index (χ1n) is 5.87. The highest BCUT2D eigenvalue weighted by atomic mass is 14.8. The molecular formula is C16H17N. The average molecular weight is 223 g/mol. The summed E-state index contributed by atoms with van der Waals surface area (Å²) in [4.78, 5) is 0. The van der Waals surface area contributed by atoms with Crippen molar-refractivity contribution in [3.8, 4) is 0 Å². The lowest BCUT2D eigenvalue weighted by atomic mass is 9.98. The quantitative estimate of drug-likeness (QED) is 0.838. The number of likely N-dealkylation sites (N-methyl/N-ethyl adjacent to an activating group) is 1. The number of hydrogen-bond donors (Lipinski definition) is 1. The highest BCUT2D eigenvalue weighted by Gasteiger charge is 2.02. The predicted octanol–water partition coefficient (Wildman–Crippen LogP) is 3.34. The van der Waals surface area contributed by atoms with E-state index in [9.17, 15) is 0 Å². The normalized spacial score (nSPS) is 9.94. The molecule has 0 unspecified atom stereocenters. The fourth-order valence-electron chi connectivity index (χ4n) is 1.84. The summed E-state index contributed by atoms with van der Waals surface area (Å²) in [5.41, 5.74) is 3.79. The van der Waals surface area contributed by atoms with Crippen molar-refractivity contribution in [3.05, 3.63) is 77.9 Å². The van der Waals surface area contributed by atoms with Gasteiger partial charge in [0.05, 0.1) is 0 Å². The van der Waals surface area contributed by atoms with Crippen molar-refractivity contribution in [3.63, 3.8) is 0 Å². The van der Waals surface area contributed by atoms with E-state index in [1.54, 1.807) is 0 Å². The summed E-state index contributed by atoms with van der Waals surface area (Å²) < 4.78 is 0. The smallest absolute Gasteiger partial charge is 0.0141 e. The topological polar surface area (TPSA) is 12.0 Å². The Morgan fingerprint density at radius 1 is 0.882 bits per heavy atom. The number of rotatable bonds is 4. The van der Waals surface area contributed by atoms with E-state index in [1.807, 2.05) is 19.2 Å². The monoisotopic (exact) mass is 223 g/mol. The third kappa shape index (κ3) is 3.05. The van der Waals surface area contributed by atoms with Crippen LogP contribution in [0.1, 0.15) is 11.1 Å². The SMILES string of the molecule is CNCC=C(c1ccccc1)c1ccccc1. The first kappa shape index (κ1) is 11.6. The van der Waals surface area contributed by atoms with Gasteiger partial charge in [-0.25, -0.2) is 0 Å². The second-order valence-electron chi connectivity index (χ2n) is 3.91. The van der Waals surface area contributed by atoms with Gasteiger partial charge < -0.3 is 5.32 Å². The van der Waals surface area contributed by atoms with E-state index in [-0.39, 0.29) is 0 Å². The Bertz CT molecular complexity index is 430. The second-order valence-corrected chi connectivity index (χ2v) is 3.91. The standard InChI is InChI=1S/C16H17N/c1-17-13-12-16(14-8-4-2-5-9-14)15-10-6-3-7-11-15/h2-12,17H,13H2,1H3. The van der Waals surface area contributed by atoms with E-state index in [0.717, 1.165) is 6.54 Å². The van der Waals surface area contributed by atoms with Crippen LogP contribution < -0.4 is 5.32 Å². The number of nitrogens with one attached hydrogen (secondary N) is 1. The van der Waals surface area contributed by atoms with Crippen molar-refractivity contribution in [2.75, 3.05) is 13.6 Å². The third-order valence-electron chi connectivity index (χ3n) is 2.68. The molecule has 0 spiro atoms. The summed E-state index contributed by atoms with van der Waals surface area (Å²) in [5.74, 6) is 0. The Hall–Kier alpha value is -1.86. The zero-order chi connectivity index (χ0) is 11.9. The Kier molecular flexibility index (Phi) is 4.11. The molecule has 0 bridgehead atoms. The van der Waals surface area contributed by atoms with Crippen LogP contribution in [0.5, 0.6) is 0 Å². The Morgan fingerprint density at radius 3 is 1.76 bits per heavy atom. The summed E-state index contributed by atoms with van der Waals surface area (Å²) >= 11 is 0. The van der Waals surface area contributed by atoms with E-state index in [0.29, 0.717) is 0 Å². The lowest BCUT2D eigenvalue weighted by Gasteiger charge is -2.08. The predicted molar refractivity (Wildman–Crippen MR) is 73.9 cm³/mol. The van der Waals surface area contributed by atoms with Crippen molar-refractivity contribution in [2.45, 2.75) is 0 Å². The number of hydrogen-bond acceptors (Lipinski definition) is 1. The molecule has 86 valence electrons. The second kappa shape index (κ2) is 6.02. The van der Waals surface area contributed by atoms with Gasteiger partial charge in [-0.2, -0.15) is 0 Å². The van der Waals surface area contributed by atoms with E-state index in [1.165, 1.54) is 16.7 Å². The van der Waals surface area contributed by atoms with Gasteiger partial charge in [-0.05, 0) is 23.7 Å². The summed E-state index contributed by atoms with van der Waals surface area (Å²) in [7, 11) is 1.96. The zero-order valence-electron chi connectivity index (χ0n) is 10.1. The van der Waals surface area contributed by atoms with Crippen molar-refractivity contribution >= 4 is 5.57 Å². The van der Waals surface area contributed by atoms with Crippen LogP contribution in [0.15, 0.2) is 66.7 Å². The maximum absolute atomic E-state index is 3.16. The van der Waals surface area contributed by atoms with E-state index in [4.69, 9.17) is 0 Å². The van der Waals surface area contributed by atoms with E-state index >= 15 is 0 Å². The lowest BCUT2D eigenvalue weighted by Crippen LogP contribution is -2.05. The highest BCUT2D eigenvalue weighted by molar-refractivity contribution is 5.79. The molecule has 17 heavy (non-hydrogen) atoms. The van der Waals surface area contributed by atoms with Gasteiger partial charge in [-0.15, -0.1) is 0 Å². The van der Waals surface area contributed by atoms with Crippen LogP contribution in [0.2, 0.25) is 0 Å². The molecule has 2 aromatic rings. The van der Waals surface area contributed by atoms with E-state index < -0.39 is 0 Å². The van der Waals surface area contributed by atoms with Gasteiger partial charge >= 0.3 is 0 Å². The van der Waals surface area contributed by atoms with Crippen molar-refractivity contribution in [1.82, 2.24) is 5.32 Å². The van der Waals surface area contributed by atoms with Gasteiger partial charge in [0, 0.05) is 6.54 Å². The van der Waals surface area contributed by atoms with Crippen LogP contribution in [-0.2, 0) is 0 Å². The molecule has 0 saturated heterocycles. The van der Waals surface area contributed by atoms with Gasteiger partial charge in [0.25, 0.3) is 0 Å². The molecule has 1 heteroatoms. The molecule has 0 aliphatic carbocycles. The fourth-order valence-corrected chi connectivity index (χ4v) is 1.84. The molecule has 0 aliphatic rings. The fraction of sp³-hybridized carbons (Fsp3) is 0.125. The van der Waals surface area contributed by atoms with Crippen LogP contribution >= 0.6 is 0 Å². The lowest BCUT2D eigenvalue weighted by molar-refractivity contribution is 0.920. The van der Waals surface area contributed by atoms with Crippen molar-refractivity contribution in [1.29, 1.82) is 0 Å². The molecule has 0 atom stereocenters. The molecule has 1 N–H and O–H groups in total. The molecule has 0 amide bonds. The third-order valence-corrected chi connectivity index (χ3v) is 2.68. The molecule has 0 fully saturated rings. The Labute approximate surface area is 103 Å². The summed E-state index contributed by atoms with van der Waals surface area (Å²) in [6.45, 7) is 0.874. The molecule has 0 aliphatic heterocycles. The molecular weight excluding hydrogens is 206 g/mol. The first-order chi connectivity index (χ1) is 8.42. The van der Waals surface area contributed by atoms with Crippen molar-refractivity contribution in [2.24, 2.45) is 0 Å². The van der Waals surface area contributed by atoms with Crippen LogP contribution in [0.25, 0.3) is 5.57 Å². The van der Waals surface area contributed by atoms with Crippen LogP contribution in [-0.4, -0.2) is 13.6 Å². The first-order valence-corrected chi connectivity index (χ1v) is 5.87. The number of benzene rings is 2. The van der Waals surface area contributed by atoms with Crippen LogP contribution in [0.4, 0.5) is 0 Å². The molecule has 1 nitrogen and oxygen atoms in total. The van der Waals surface area contributed by atoms with Crippen molar-refractivity contribution < 1.29 is 0 Å². The average Bonchev–Trinajstić information content (AvgIpc) is 2.42. The van der Waals surface area contributed by atoms with Gasteiger partial charge in [0.2, 0.25) is 0 Å². The minimum absolute atomic E-state index is 0.874. The van der Waals surface area contributed by atoms with E-state index in [2.05, 4.69) is 59.9 Å². The molecule has 0 heterocycles. The Balaban J connectivity index is 2.40. The van der Waals surface area contributed by atoms with Gasteiger partial charge in [-0.3, -0.25) is 0 Å². The van der Waals surface area contributed by atoms with Crippen LogP contribution in [0.3, 0.4) is 0 Å². The highest BCUT2D eigenvalue weighted by Crippen LogP contribution is 2.22. The molecule has 0 radical (unpaired) electrons.